The van der Waals surface area contributed by atoms with Gasteiger partial charge >= 0.3 is 12.2 Å². The molecule has 0 bridgehead atoms. The third-order valence-electron chi connectivity index (χ3n) is 6.34. The van der Waals surface area contributed by atoms with Crippen LogP contribution in [0.1, 0.15) is 30.5 Å². The molecule has 4 rings (SSSR count). The van der Waals surface area contributed by atoms with Crippen LogP contribution in [0.2, 0.25) is 0 Å². The number of amides is 2. The van der Waals surface area contributed by atoms with E-state index in [1.54, 1.807) is 20.2 Å². The second-order valence-electron chi connectivity index (χ2n) is 8.69. The van der Waals surface area contributed by atoms with Crippen molar-refractivity contribution >= 4 is 28.4 Å². The van der Waals surface area contributed by atoms with Gasteiger partial charge in [0.05, 0.1) is 16.6 Å². The number of urea groups is 1. The van der Waals surface area contributed by atoms with Crippen LogP contribution in [0.5, 0.6) is 0 Å². The van der Waals surface area contributed by atoms with E-state index in [-0.39, 0.29) is 31.5 Å². The number of halogens is 4. The Morgan fingerprint density at radius 1 is 1.12 bits per heavy atom. The summed E-state index contributed by atoms with van der Waals surface area (Å²) >= 11 is 0. The minimum Gasteiger partial charge on any atom is -0.373 e. The first-order chi connectivity index (χ1) is 16.0. The Balaban J connectivity index is 1.53. The van der Waals surface area contributed by atoms with Crippen LogP contribution in [0.15, 0.2) is 30.5 Å². The van der Waals surface area contributed by atoms with Crippen molar-refractivity contribution in [2.24, 2.45) is 5.41 Å². The average Bonchev–Trinajstić information content (AvgIpc) is 3.56. The van der Waals surface area contributed by atoms with Crippen molar-refractivity contribution in [2.45, 2.75) is 39.3 Å². The molecule has 2 amide bonds. The number of carbonyl (C=O) groups excluding carboxylic acids is 1. The Kier molecular flexibility index (Phi) is 6.09. The van der Waals surface area contributed by atoms with Crippen LogP contribution in [-0.4, -0.2) is 35.8 Å². The van der Waals surface area contributed by atoms with Crippen LogP contribution >= 0.6 is 0 Å². The van der Waals surface area contributed by atoms with Crippen molar-refractivity contribution in [1.29, 1.82) is 0 Å². The molecule has 1 fully saturated rings. The fourth-order valence-electron chi connectivity index (χ4n) is 4.04. The molecule has 180 valence electrons. The minimum absolute atomic E-state index is 0.0701. The van der Waals surface area contributed by atoms with E-state index in [0.29, 0.717) is 22.6 Å². The number of hydrogen-bond acceptors (Lipinski definition) is 4. The lowest BCUT2D eigenvalue weighted by molar-refractivity contribution is -0.188. The lowest BCUT2D eigenvalue weighted by Crippen LogP contribution is -2.34. The summed E-state index contributed by atoms with van der Waals surface area (Å²) in [7, 11) is 1.77. The van der Waals surface area contributed by atoms with Crippen molar-refractivity contribution in [3.8, 4) is 11.1 Å². The highest BCUT2D eigenvalue weighted by atomic mass is 19.4. The molecule has 1 aromatic carbocycles. The first-order valence-electron chi connectivity index (χ1n) is 10.9. The zero-order chi connectivity index (χ0) is 24.7. The van der Waals surface area contributed by atoms with Gasteiger partial charge in [-0.25, -0.2) is 14.2 Å². The summed E-state index contributed by atoms with van der Waals surface area (Å²) in [6.45, 7) is 3.44. The fraction of sp³-hybridized carbons (Fsp3) is 0.375. The predicted octanol–water partition coefficient (Wildman–Crippen LogP) is 5.95. The van der Waals surface area contributed by atoms with Gasteiger partial charge in [-0.3, -0.25) is 4.98 Å². The Labute approximate surface area is 194 Å². The number of aromatic nitrogens is 2. The number of carbonyl (C=O) groups is 1. The first-order valence-corrected chi connectivity index (χ1v) is 10.9. The quantitative estimate of drug-likeness (QED) is 0.385. The van der Waals surface area contributed by atoms with E-state index < -0.39 is 23.4 Å². The molecular weight excluding hydrogens is 450 g/mol. The Hall–Kier alpha value is -3.43. The van der Waals surface area contributed by atoms with Crippen LogP contribution in [0, 0.1) is 25.1 Å². The summed E-state index contributed by atoms with van der Waals surface area (Å²) in [5, 5.41) is 8.59. The van der Waals surface area contributed by atoms with Gasteiger partial charge in [0, 0.05) is 42.5 Å². The molecule has 2 aromatic heterocycles. The van der Waals surface area contributed by atoms with Crippen molar-refractivity contribution < 1.29 is 22.4 Å². The highest BCUT2D eigenvalue weighted by Gasteiger charge is 2.62. The van der Waals surface area contributed by atoms with Gasteiger partial charge in [-0.15, -0.1) is 0 Å². The third-order valence-corrected chi connectivity index (χ3v) is 6.34. The van der Waals surface area contributed by atoms with Crippen molar-refractivity contribution in [3.05, 3.63) is 47.5 Å². The molecule has 1 saturated carbocycles. The highest BCUT2D eigenvalue weighted by molar-refractivity contribution is 5.92. The van der Waals surface area contributed by atoms with Gasteiger partial charge < -0.3 is 16.0 Å². The monoisotopic (exact) mass is 475 g/mol. The average molecular weight is 475 g/mol. The second kappa shape index (κ2) is 8.73. The molecule has 3 N–H and O–H groups in total. The Morgan fingerprint density at radius 2 is 1.85 bits per heavy atom. The van der Waals surface area contributed by atoms with E-state index in [2.05, 4.69) is 25.9 Å². The summed E-state index contributed by atoms with van der Waals surface area (Å²) in [6.07, 6.45) is -2.65. The number of benzene rings is 1. The molecule has 1 aliphatic rings. The molecule has 1 aliphatic carbocycles. The summed E-state index contributed by atoms with van der Waals surface area (Å²) < 4.78 is 53.7. The number of aryl methyl sites for hydroxylation is 2. The van der Waals surface area contributed by atoms with Gasteiger partial charge in [-0.1, -0.05) is 0 Å². The number of pyridine rings is 2. The Morgan fingerprint density at radius 3 is 2.50 bits per heavy atom. The smallest absolute Gasteiger partial charge is 0.373 e. The molecule has 0 saturated heterocycles. The number of fused-ring (bicyclic) bond motifs is 1. The van der Waals surface area contributed by atoms with Crippen LogP contribution < -0.4 is 16.0 Å². The van der Waals surface area contributed by atoms with Gasteiger partial charge in [0.2, 0.25) is 0 Å². The van der Waals surface area contributed by atoms with Gasteiger partial charge in [0.1, 0.15) is 11.6 Å². The van der Waals surface area contributed by atoms with Crippen LogP contribution in [0.3, 0.4) is 0 Å². The van der Waals surface area contributed by atoms with E-state index in [1.165, 1.54) is 12.1 Å². The lowest BCUT2D eigenvalue weighted by Gasteiger charge is -2.19. The van der Waals surface area contributed by atoms with E-state index in [1.807, 2.05) is 19.1 Å². The second-order valence-corrected chi connectivity index (χ2v) is 8.69. The molecule has 0 atom stereocenters. The topological polar surface area (TPSA) is 78.9 Å². The maximum atomic E-state index is 14.6. The maximum absolute atomic E-state index is 14.6. The molecule has 10 heteroatoms. The molecule has 6 nitrogen and oxygen atoms in total. The molecule has 0 radical (unpaired) electrons. The predicted molar refractivity (Wildman–Crippen MR) is 123 cm³/mol. The number of hydrogen-bond donors (Lipinski definition) is 3. The summed E-state index contributed by atoms with van der Waals surface area (Å²) in [5.74, 6) is 0.0440. The van der Waals surface area contributed by atoms with E-state index in [0.717, 1.165) is 16.5 Å². The summed E-state index contributed by atoms with van der Waals surface area (Å²) in [6, 6.07) is 5.78. The zero-order valence-electron chi connectivity index (χ0n) is 19.0. The summed E-state index contributed by atoms with van der Waals surface area (Å²) in [4.78, 5) is 21.2. The van der Waals surface area contributed by atoms with Crippen LogP contribution in [0.25, 0.3) is 22.0 Å². The largest absolute Gasteiger partial charge is 0.394 e. The number of anilines is 2. The van der Waals surface area contributed by atoms with Crippen molar-refractivity contribution in [2.75, 3.05) is 24.2 Å². The van der Waals surface area contributed by atoms with Crippen LogP contribution in [-0.2, 0) is 0 Å². The molecule has 0 aliphatic heterocycles. The molecular formula is C24H25F4N5O. The molecule has 2 heterocycles. The van der Waals surface area contributed by atoms with Crippen molar-refractivity contribution in [3.63, 3.8) is 0 Å². The fourth-order valence-corrected chi connectivity index (χ4v) is 4.04. The SMILES string of the molecule is CNc1cc2nc(C)c(-c3cc(NC(=O)NCCC4(C(F)(F)F)CC4)c(F)cc3C)cc2cn1. The van der Waals surface area contributed by atoms with Gasteiger partial charge in [0.25, 0.3) is 0 Å². The van der Waals surface area contributed by atoms with Crippen LogP contribution in [0.4, 0.5) is 33.9 Å². The minimum atomic E-state index is -4.28. The summed E-state index contributed by atoms with van der Waals surface area (Å²) in [5.41, 5.74) is 1.78. The van der Waals surface area contributed by atoms with Gasteiger partial charge in [0.15, 0.2) is 0 Å². The molecule has 3 aromatic rings. The highest BCUT2D eigenvalue weighted by Crippen LogP contribution is 2.59. The van der Waals surface area contributed by atoms with E-state index in [4.69, 9.17) is 0 Å². The molecule has 0 unspecified atom stereocenters. The first kappa shape index (κ1) is 23.7. The number of nitrogens with one attached hydrogen (secondary N) is 3. The number of alkyl halides is 3. The normalized spacial score (nSPS) is 14.7. The standard InChI is InChI=1S/C24H25F4N5O/c1-13-8-18(25)20(33-22(34)30-7-6-23(4-5-23)24(26,27)28)10-16(13)17-9-15-12-31-21(29-3)11-19(15)32-14(17)2/h8-12H,4-7H2,1-3H3,(H,29,31)(H2,30,33,34). The number of nitrogens with zero attached hydrogens (tertiary/aromatic N) is 2. The number of rotatable bonds is 6. The molecule has 0 spiro atoms. The maximum Gasteiger partial charge on any atom is 0.394 e. The van der Waals surface area contributed by atoms with E-state index >= 15 is 0 Å². The molecule has 34 heavy (non-hydrogen) atoms. The van der Waals surface area contributed by atoms with Crippen molar-refractivity contribution in [1.82, 2.24) is 15.3 Å². The third kappa shape index (κ3) is 4.62. The van der Waals surface area contributed by atoms with Gasteiger partial charge in [-0.2, -0.15) is 13.2 Å². The van der Waals surface area contributed by atoms with E-state index in [9.17, 15) is 22.4 Å². The Bertz CT molecular complexity index is 1250. The lowest BCUT2D eigenvalue weighted by atomic mass is 9.97. The zero-order valence-corrected chi connectivity index (χ0v) is 19.0. The van der Waals surface area contributed by atoms with Gasteiger partial charge in [-0.05, 0) is 62.4 Å².